The van der Waals surface area contributed by atoms with Crippen LogP contribution in [0.4, 0.5) is 0 Å². The molecule has 0 spiro atoms. The molecule has 2 heteroatoms. The molecule has 1 heterocycles. The average molecular weight is 216 g/mol. The molecule has 16 heavy (non-hydrogen) atoms. The Morgan fingerprint density at radius 2 is 2.00 bits per heavy atom. The Kier molecular flexibility index (Phi) is 3.01. The van der Waals surface area contributed by atoms with E-state index >= 15 is 0 Å². The molecule has 0 fully saturated rings. The van der Waals surface area contributed by atoms with Gasteiger partial charge in [-0.1, -0.05) is 19.9 Å². The average Bonchev–Trinajstić information content (AvgIpc) is 2.64. The van der Waals surface area contributed by atoms with Gasteiger partial charge in [0.1, 0.15) is 0 Å². The molecule has 2 rings (SSSR count). The number of hydrogen-bond donors (Lipinski definition) is 1. The summed E-state index contributed by atoms with van der Waals surface area (Å²) < 4.78 is 0. The molecule has 0 atom stereocenters. The number of benzene rings is 1. The summed E-state index contributed by atoms with van der Waals surface area (Å²) in [6, 6.07) is 6.76. The van der Waals surface area contributed by atoms with Crippen LogP contribution in [0.3, 0.4) is 0 Å². The number of H-pyrrole nitrogens is 1. The van der Waals surface area contributed by atoms with Gasteiger partial charge in [0, 0.05) is 23.6 Å². The molecule has 0 bridgehead atoms. The topological polar surface area (TPSA) is 19.0 Å². The molecule has 0 radical (unpaired) electrons. The van der Waals surface area contributed by atoms with Gasteiger partial charge in [-0.05, 0) is 43.3 Å². The number of hydrogen-bond acceptors (Lipinski definition) is 1. The van der Waals surface area contributed by atoms with Crippen LogP contribution in [0.5, 0.6) is 0 Å². The van der Waals surface area contributed by atoms with Crippen LogP contribution in [-0.2, 0) is 6.54 Å². The lowest BCUT2D eigenvalue weighted by molar-refractivity contribution is 0.404. The quantitative estimate of drug-likeness (QED) is 0.833. The number of rotatable bonds is 3. The van der Waals surface area contributed by atoms with E-state index in [1.165, 1.54) is 22.0 Å². The van der Waals surface area contributed by atoms with E-state index in [-0.39, 0.29) is 0 Å². The fraction of sp³-hybridized carbons (Fsp3) is 0.429. The van der Waals surface area contributed by atoms with Gasteiger partial charge in [0.15, 0.2) is 0 Å². The molecular formula is C14H20N2. The van der Waals surface area contributed by atoms with Crippen LogP contribution in [0.2, 0.25) is 0 Å². The van der Waals surface area contributed by atoms with Crippen LogP contribution < -0.4 is 0 Å². The van der Waals surface area contributed by atoms with E-state index < -0.39 is 0 Å². The van der Waals surface area contributed by atoms with Gasteiger partial charge in [-0.3, -0.25) is 0 Å². The molecule has 1 aromatic heterocycles. The second kappa shape index (κ2) is 4.30. The standard InChI is InChI=1S/C14H20N2/c1-10(2)11-7-12(9-16(3)4)13-5-6-15-14(13)8-11/h5-8,10,15H,9H2,1-4H3. The summed E-state index contributed by atoms with van der Waals surface area (Å²) >= 11 is 0. The van der Waals surface area contributed by atoms with Crippen molar-refractivity contribution in [1.29, 1.82) is 0 Å². The number of aromatic nitrogens is 1. The van der Waals surface area contributed by atoms with Crippen LogP contribution in [0.25, 0.3) is 10.9 Å². The number of nitrogens with zero attached hydrogens (tertiary/aromatic N) is 1. The lowest BCUT2D eigenvalue weighted by Crippen LogP contribution is -2.11. The predicted octanol–water partition coefficient (Wildman–Crippen LogP) is 3.35. The predicted molar refractivity (Wildman–Crippen MR) is 69.8 cm³/mol. The maximum absolute atomic E-state index is 3.31. The molecule has 2 aromatic rings. The zero-order valence-electron chi connectivity index (χ0n) is 10.5. The van der Waals surface area contributed by atoms with Crippen molar-refractivity contribution in [3.63, 3.8) is 0 Å². The van der Waals surface area contributed by atoms with E-state index in [2.05, 4.69) is 56.0 Å². The minimum Gasteiger partial charge on any atom is -0.361 e. The highest BCUT2D eigenvalue weighted by atomic mass is 15.0. The zero-order chi connectivity index (χ0) is 11.7. The Morgan fingerprint density at radius 3 is 2.62 bits per heavy atom. The summed E-state index contributed by atoms with van der Waals surface area (Å²) in [6.45, 7) is 5.47. The normalized spacial score (nSPS) is 11.9. The summed E-state index contributed by atoms with van der Waals surface area (Å²) in [4.78, 5) is 5.52. The van der Waals surface area contributed by atoms with Crippen molar-refractivity contribution in [2.45, 2.75) is 26.3 Å². The molecule has 1 aromatic carbocycles. The van der Waals surface area contributed by atoms with Crippen LogP contribution in [-0.4, -0.2) is 24.0 Å². The summed E-state index contributed by atoms with van der Waals surface area (Å²) in [5, 5.41) is 1.35. The van der Waals surface area contributed by atoms with Crippen molar-refractivity contribution in [1.82, 2.24) is 9.88 Å². The first kappa shape index (κ1) is 11.2. The van der Waals surface area contributed by atoms with Gasteiger partial charge in [-0.15, -0.1) is 0 Å². The minimum absolute atomic E-state index is 0.577. The van der Waals surface area contributed by atoms with Gasteiger partial charge < -0.3 is 9.88 Å². The molecule has 0 aliphatic rings. The Morgan fingerprint density at radius 1 is 1.25 bits per heavy atom. The number of aromatic amines is 1. The molecule has 0 amide bonds. The van der Waals surface area contributed by atoms with Gasteiger partial charge in [0.2, 0.25) is 0 Å². The maximum Gasteiger partial charge on any atom is 0.0460 e. The Hall–Kier alpha value is -1.28. The summed E-state index contributed by atoms with van der Waals surface area (Å²) in [6.07, 6.45) is 2.02. The third kappa shape index (κ3) is 2.12. The second-order valence-corrected chi connectivity index (χ2v) is 5.01. The van der Waals surface area contributed by atoms with Crippen LogP contribution in [0.15, 0.2) is 24.4 Å². The number of nitrogens with one attached hydrogen (secondary N) is 1. The summed E-state index contributed by atoms with van der Waals surface area (Å²) in [7, 11) is 4.22. The molecule has 0 saturated heterocycles. The number of fused-ring (bicyclic) bond motifs is 1. The minimum atomic E-state index is 0.577. The van der Waals surface area contributed by atoms with Crippen molar-refractivity contribution < 1.29 is 0 Å². The summed E-state index contributed by atoms with van der Waals surface area (Å²) in [5.41, 5.74) is 4.07. The monoisotopic (exact) mass is 216 g/mol. The smallest absolute Gasteiger partial charge is 0.0460 e. The first-order chi connectivity index (χ1) is 7.58. The lowest BCUT2D eigenvalue weighted by Gasteiger charge is -2.14. The van der Waals surface area contributed by atoms with Gasteiger partial charge >= 0.3 is 0 Å². The molecule has 1 N–H and O–H groups in total. The molecular weight excluding hydrogens is 196 g/mol. The highest BCUT2D eigenvalue weighted by Gasteiger charge is 2.08. The Balaban J connectivity index is 2.54. The summed E-state index contributed by atoms with van der Waals surface area (Å²) in [5.74, 6) is 0.577. The third-order valence-electron chi connectivity index (χ3n) is 2.93. The molecule has 2 nitrogen and oxygen atoms in total. The fourth-order valence-electron chi connectivity index (χ4n) is 2.07. The first-order valence-electron chi connectivity index (χ1n) is 5.82. The molecule has 0 unspecified atom stereocenters. The van der Waals surface area contributed by atoms with E-state index in [4.69, 9.17) is 0 Å². The van der Waals surface area contributed by atoms with Gasteiger partial charge in [-0.2, -0.15) is 0 Å². The van der Waals surface area contributed by atoms with Crippen molar-refractivity contribution >= 4 is 10.9 Å². The van der Waals surface area contributed by atoms with Gasteiger partial charge in [0.05, 0.1) is 0 Å². The highest BCUT2D eigenvalue weighted by Crippen LogP contribution is 2.25. The molecule has 86 valence electrons. The van der Waals surface area contributed by atoms with Crippen molar-refractivity contribution in [2.75, 3.05) is 14.1 Å². The van der Waals surface area contributed by atoms with Crippen LogP contribution in [0, 0.1) is 0 Å². The molecule has 0 aliphatic carbocycles. The SMILES string of the molecule is CC(C)c1cc(CN(C)C)c2cc[nH]c2c1. The maximum atomic E-state index is 3.31. The fourth-order valence-corrected chi connectivity index (χ4v) is 2.07. The largest absolute Gasteiger partial charge is 0.361 e. The van der Waals surface area contributed by atoms with E-state index in [0.717, 1.165) is 6.54 Å². The van der Waals surface area contributed by atoms with Crippen molar-refractivity contribution in [3.8, 4) is 0 Å². The van der Waals surface area contributed by atoms with E-state index in [1.54, 1.807) is 0 Å². The first-order valence-corrected chi connectivity index (χ1v) is 5.82. The van der Waals surface area contributed by atoms with Gasteiger partial charge in [0.25, 0.3) is 0 Å². The molecule has 0 saturated carbocycles. The molecule has 0 aliphatic heterocycles. The Labute approximate surface area is 97.3 Å². The van der Waals surface area contributed by atoms with Gasteiger partial charge in [-0.25, -0.2) is 0 Å². The Bertz CT molecular complexity index is 480. The van der Waals surface area contributed by atoms with Crippen molar-refractivity contribution in [3.05, 3.63) is 35.5 Å². The van der Waals surface area contributed by atoms with Crippen LogP contribution >= 0.6 is 0 Å². The van der Waals surface area contributed by atoms with E-state index in [0.29, 0.717) is 5.92 Å². The zero-order valence-corrected chi connectivity index (χ0v) is 10.5. The van der Waals surface area contributed by atoms with E-state index in [1.807, 2.05) is 6.20 Å². The highest BCUT2D eigenvalue weighted by molar-refractivity contribution is 5.83. The second-order valence-electron chi connectivity index (χ2n) is 5.01. The lowest BCUT2D eigenvalue weighted by atomic mass is 9.98. The van der Waals surface area contributed by atoms with Crippen LogP contribution in [0.1, 0.15) is 30.9 Å². The third-order valence-corrected chi connectivity index (χ3v) is 2.93. The van der Waals surface area contributed by atoms with E-state index in [9.17, 15) is 0 Å². The van der Waals surface area contributed by atoms with Crippen molar-refractivity contribution in [2.24, 2.45) is 0 Å².